The van der Waals surface area contributed by atoms with Crippen LogP contribution in [0.3, 0.4) is 0 Å². The lowest BCUT2D eigenvalue weighted by Crippen LogP contribution is -2.05. The van der Waals surface area contributed by atoms with Gasteiger partial charge in [-0.1, -0.05) is 18.2 Å². The van der Waals surface area contributed by atoms with Crippen molar-refractivity contribution in [3.63, 3.8) is 0 Å². The Balaban J connectivity index is 1.93. The van der Waals surface area contributed by atoms with Crippen LogP contribution < -0.4 is 17.2 Å². The Kier molecular flexibility index (Phi) is 4.16. The molecule has 4 aromatic rings. The molecule has 6 N–H and O–H groups in total. The number of para-hydroxylation sites is 1. The number of thioether (sulfide) groups is 1. The van der Waals surface area contributed by atoms with E-state index in [1.54, 1.807) is 12.3 Å². The van der Waals surface area contributed by atoms with Crippen molar-refractivity contribution >= 4 is 39.7 Å². The quantitative estimate of drug-likeness (QED) is 0.371. The van der Waals surface area contributed by atoms with Crippen LogP contribution in [-0.2, 0) is 7.05 Å². The summed E-state index contributed by atoms with van der Waals surface area (Å²) in [4.78, 5) is 10.0. The summed E-state index contributed by atoms with van der Waals surface area (Å²) in [5.41, 5.74) is 23.6. The molecule has 0 aliphatic heterocycles. The van der Waals surface area contributed by atoms with Crippen LogP contribution in [0.5, 0.6) is 0 Å². The van der Waals surface area contributed by atoms with E-state index >= 15 is 0 Å². The lowest BCUT2D eigenvalue weighted by atomic mass is 10.1. The van der Waals surface area contributed by atoms with Crippen LogP contribution in [0.15, 0.2) is 53.7 Å². The van der Waals surface area contributed by atoms with Crippen LogP contribution in [-0.4, -0.2) is 20.8 Å². The summed E-state index contributed by atoms with van der Waals surface area (Å²) in [5, 5.41) is 1.13. The first-order valence-electron chi connectivity index (χ1n) is 8.40. The van der Waals surface area contributed by atoms with Crippen molar-refractivity contribution in [1.82, 2.24) is 14.5 Å². The van der Waals surface area contributed by atoms with Crippen LogP contribution in [0.2, 0.25) is 0 Å². The number of benzene rings is 2. The summed E-state index contributed by atoms with van der Waals surface area (Å²) < 4.78 is 2.08. The number of fused-ring (bicyclic) bond motifs is 1. The van der Waals surface area contributed by atoms with Gasteiger partial charge in [0, 0.05) is 40.8 Å². The molecule has 0 spiro atoms. The standard InChI is InChI=1S/C20H20N6S/c1-26-10-12(11-5-3-4-6-15(11)26)14-7-8-24-20(25-14)17-18(22)13(21)9-16(27-2)19(17)23/h3-10H,21-23H2,1-2H3. The molecule has 0 amide bonds. The number of aryl methyl sites for hydroxylation is 1. The highest BCUT2D eigenvalue weighted by molar-refractivity contribution is 7.98. The molecular weight excluding hydrogens is 356 g/mol. The number of nitrogens with zero attached hydrogens (tertiary/aromatic N) is 3. The van der Waals surface area contributed by atoms with Crippen molar-refractivity contribution in [3.05, 3.63) is 48.8 Å². The zero-order valence-electron chi connectivity index (χ0n) is 15.1. The Labute approximate surface area is 161 Å². The zero-order valence-corrected chi connectivity index (χ0v) is 15.9. The van der Waals surface area contributed by atoms with Crippen molar-refractivity contribution in [1.29, 1.82) is 0 Å². The van der Waals surface area contributed by atoms with Crippen LogP contribution in [0.25, 0.3) is 33.5 Å². The smallest absolute Gasteiger partial charge is 0.164 e. The van der Waals surface area contributed by atoms with E-state index in [2.05, 4.69) is 27.9 Å². The Hall–Kier alpha value is -3.19. The molecule has 0 atom stereocenters. The highest BCUT2D eigenvalue weighted by Crippen LogP contribution is 2.40. The van der Waals surface area contributed by atoms with Gasteiger partial charge in [-0.3, -0.25) is 0 Å². The summed E-state index contributed by atoms with van der Waals surface area (Å²) in [6.07, 6.45) is 5.73. The normalized spacial score (nSPS) is 11.2. The Morgan fingerprint density at radius 3 is 2.59 bits per heavy atom. The second kappa shape index (κ2) is 6.51. The van der Waals surface area contributed by atoms with Gasteiger partial charge in [0.05, 0.1) is 28.3 Å². The largest absolute Gasteiger partial charge is 0.397 e. The first-order valence-corrected chi connectivity index (χ1v) is 9.63. The van der Waals surface area contributed by atoms with Gasteiger partial charge in [-0.2, -0.15) is 0 Å². The molecule has 0 saturated carbocycles. The molecular formula is C20H20N6S. The van der Waals surface area contributed by atoms with E-state index in [0.29, 0.717) is 28.5 Å². The summed E-state index contributed by atoms with van der Waals surface area (Å²) in [6.45, 7) is 0. The van der Waals surface area contributed by atoms with E-state index in [9.17, 15) is 0 Å². The highest BCUT2D eigenvalue weighted by atomic mass is 32.2. The van der Waals surface area contributed by atoms with Crippen molar-refractivity contribution in [2.24, 2.45) is 7.05 Å². The maximum atomic E-state index is 6.34. The maximum Gasteiger partial charge on any atom is 0.164 e. The topological polar surface area (TPSA) is 109 Å². The molecule has 136 valence electrons. The van der Waals surface area contributed by atoms with E-state index in [-0.39, 0.29) is 0 Å². The lowest BCUT2D eigenvalue weighted by molar-refractivity contribution is 0.969. The monoisotopic (exact) mass is 376 g/mol. The molecule has 27 heavy (non-hydrogen) atoms. The SMILES string of the molecule is CSc1cc(N)c(N)c(-c2nccc(-c3cn(C)c4ccccc34)n2)c1N. The molecule has 4 rings (SSSR count). The van der Waals surface area contributed by atoms with Gasteiger partial charge in [-0.15, -0.1) is 11.8 Å². The van der Waals surface area contributed by atoms with Crippen molar-refractivity contribution < 1.29 is 0 Å². The van der Waals surface area contributed by atoms with Gasteiger partial charge in [-0.05, 0) is 24.5 Å². The second-order valence-corrected chi connectivity index (χ2v) is 7.15. The van der Waals surface area contributed by atoms with Gasteiger partial charge in [0.2, 0.25) is 0 Å². The molecule has 0 unspecified atom stereocenters. The van der Waals surface area contributed by atoms with Gasteiger partial charge in [0.15, 0.2) is 5.82 Å². The maximum absolute atomic E-state index is 6.34. The molecule has 0 radical (unpaired) electrons. The number of hydrogen-bond acceptors (Lipinski definition) is 6. The Morgan fingerprint density at radius 1 is 1.04 bits per heavy atom. The summed E-state index contributed by atoms with van der Waals surface area (Å²) >= 11 is 1.51. The number of hydrogen-bond donors (Lipinski definition) is 3. The van der Waals surface area contributed by atoms with Crippen molar-refractivity contribution in [2.45, 2.75) is 4.90 Å². The summed E-state index contributed by atoms with van der Waals surface area (Å²) in [5.74, 6) is 0.470. The van der Waals surface area contributed by atoms with Crippen LogP contribution in [0.4, 0.5) is 17.1 Å². The predicted octanol–water partition coefficient (Wildman–Crippen LogP) is 3.77. The molecule has 0 bridgehead atoms. The van der Waals surface area contributed by atoms with Gasteiger partial charge in [0.25, 0.3) is 0 Å². The van der Waals surface area contributed by atoms with Gasteiger partial charge < -0.3 is 21.8 Å². The zero-order chi connectivity index (χ0) is 19.1. The molecule has 0 aliphatic carbocycles. The third-order valence-electron chi connectivity index (χ3n) is 4.67. The molecule has 2 aromatic carbocycles. The van der Waals surface area contributed by atoms with Crippen molar-refractivity contribution in [2.75, 3.05) is 23.5 Å². The fraction of sp³-hybridized carbons (Fsp3) is 0.100. The molecule has 6 nitrogen and oxygen atoms in total. The van der Waals surface area contributed by atoms with E-state index in [4.69, 9.17) is 22.2 Å². The average molecular weight is 376 g/mol. The van der Waals surface area contributed by atoms with Gasteiger partial charge >= 0.3 is 0 Å². The van der Waals surface area contributed by atoms with E-state index in [1.807, 2.05) is 31.5 Å². The first kappa shape index (κ1) is 17.2. The fourth-order valence-corrected chi connectivity index (χ4v) is 3.86. The summed E-state index contributed by atoms with van der Waals surface area (Å²) in [6, 6.07) is 11.9. The van der Waals surface area contributed by atoms with Gasteiger partial charge in [0.1, 0.15) is 0 Å². The molecule has 7 heteroatoms. The van der Waals surface area contributed by atoms with Gasteiger partial charge in [-0.25, -0.2) is 9.97 Å². The van der Waals surface area contributed by atoms with Crippen molar-refractivity contribution in [3.8, 4) is 22.6 Å². The lowest BCUT2D eigenvalue weighted by Gasteiger charge is -2.14. The summed E-state index contributed by atoms with van der Waals surface area (Å²) in [7, 11) is 2.02. The first-order chi connectivity index (χ1) is 13.0. The molecule has 2 aromatic heterocycles. The van der Waals surface area contributed by atoms with Crippen LogP contribution >= 0.6 is 11.8 Å². The van der Waals surface area contributed by atoms with Crippen LogP contribution in [0.1, 0.15) is 0 Å². The van der Waals surface area contributed by atoms with E-state index in [0.717, 1.165) is 27.1 Å². The third-order valence-corrected chi connectivity index (χ3v) is 5.45. The minimum absolute atomic E-state index is 0.403. The molecule has 0 saturated heterocycles. The highest BCUT2D eigenvalue weighted by Gasteiger charge is 2.18. The second-order valence-electron chi connectivity index (χ2n) is 6.31. The number of rotatable bonds is 3. The number of nitrogen functional groups attached to an aromatic ring is 3. The van der Waals surface area contributed by atoms with Crippen LogP contribution in [0, 0.1) is 0 Å². The molecule has 0 fully saturated rings. The third kappa shape index (κ3) is 2.76. The number of aromatic nitrogens is 3. The minimum Gasteiger partial charge on any atom is -0.397 e. The Morgan fingerprint density at radius 2 is 1.81 bits per heavy atom. The van der Waals surface area contributed by atoms with E-state index in [1.165, 1.54) is 11.8 Å². The average Bonchev–Trinajstić information content (AvgIpc) is 3.02. The number of anilines is 3. The molecule has 0 aliphatic rings. The Bertz CT molecular complexity index is 1160. The predicted molar refractivity (Wildman–Crippen MR) is 114 cm³/mol. The minimum atomic E-state index is 0.403. The molecule has 2 heterocycles. The fourth-order valence-electron chi connectivity index (χ4n) is 3.29. The van der Waals surface area contributed by atoms with E-state index < -0.39 is 0 Å². The number of nitrogens with two attached hydrogens (primary N) is 3.